The van der Waals surface area contributed by atoms with E-state index in [0.29, 0.717) is 25.2 Å². The highest BCUT2D eigenvalue weighted by Crippen LogP contribution is 2.25. The monoisotopic (exact) mass is 367 g/mol. The van der Waals surface area contributed by atoms with Crippen molar-refractivity contribution >= 4 is 17.6 Å². The number of aromatic nitrogens is 2. The van der Waals surface area contributed by atoms with E-state index >= 15 is 0 Å². The molecule has 27 heavy (non-hydrogen) atoms. The first-order valence-corrected chi connectivity index (χ1v) is 9.49. The summed E-state index contributed by atoms with van der Waals surface area (Å²) in [5.41, 5.74) is 4.37. The minimum Gasteiger partial charge on any atom is -0.337 e. The van der Waals surface area contributed by atoms with Crippen LogP contribution >= 0.6 is 0 Å². The smallest absolute Gasteiger partial charge is 0.322 e. The fraction of sp³-hybridized carbons (Fsp3) is 0.450. The van der Waals surface area contributed by atoms with Crippen LogP contribution in [0, 0.1) is 6.92 Å². The maximum absolute atomic E-state index is 12.9. The highest BCUT2D eigenvalue weighted by atomic mass is 16.2. The molecule has 3 amide bonds. The van der Waals surface area contributed by atoms with Crippen LogP contribution in [0.15, 0.2) is 24.3 Å². The molecule has 0 radical (unpaired) electrons. The van der Waals surface area contributed by atoms with Crippen LogP contribution in [-0.2, 0) is 20.0 Å². The van der Waals surface area contributed by atoms with Crippen LogP contribution in [0.1, 0.15) is 40.2 Å². The van der Waals surface area contributed by atoms with E-state index in [9.17, 15) is 9.59 Å². The molecule has 7 heteroatoms. The quantitative estimate of drug-likeness (QED) is 0.887. The number of urea groups is 1. The SMILES string of the molecule is Cc1ccc(NC(=O)N2CCc3c(c(C(=O)N4CCCC4)nn3C)C2)cc1. The van der Waals surface area contributed by atoms with E-state index in [-0.39, 0.29) is 11.9 Å². The predicted molar refractivity (Wildman–Crippen MR) is 103 cm³/mol. The number of rotatable bonds is 2. The number of nitrogens with one attached hydrogen (secondary N) is 1. The first kappa shape index (κ1) is 17.6. The Morgan fingerprint density at radius 2 is 1.74 bits per heavy atom. The third kappa shape index (κ3) is 3.41. The molecule has 1 aromatic carbocycles. The zero-order valence-electron chi connectivity index (χ0n) is 15.9. The van der Waals surface area contributed by atoms with E-state index in [1.54, 1.807) is 9.58 Å². The van der Waals surface area contributed by atoms with Gasteiger partial charge >= 0.3 is 6.03 Å². The molecule has 0 atom stereocenters. The predicted octanol–water partition coefficient (Wildman–Crippen LogP) is 2.55. The van der Waals surface area contributed by atoms with Gasteiger partial charge < -0.3 is 15.1 Å². The maximum atomic E-state index is 12.9. The van der Waals surface area contributed by atoms with Crippen molar-refractivity contribution in [1.82, 2.24) is 19.6 Å². The molecular weight excluding hydrogens is 342 g/mol. The highest BCUT2D eigenvalue weighted by Gasteiger charge is 2.31. The topological polar surface area (TPSA) is 70.5 Å². The van der Waals surface area contributed by atoms with E-state index in [1.165, 1.54) is 0 Å². The van der Waals surface area contributed by atoms with Crippen molar-refractivity contribution in [1.29, 1.82) is 0 Å². The van der Waals surface area contributed by atoms with Crippen LogP contribution in [0.25, 0.3) is 0 Å². The Balaban J connectivity index is 1.52. The summed E-state index contributed by atoms with van der Waals surface area (Å²) in [5.74, 6) is -0.00913. The van der Waals surface area contributed by atoms with Crippen LogP contribution in [0.5, 0.6) is 0 Å². The van der Waals surface area contributed by atoms with Crippen molar-refractivity contribution in [2.75, 3.05) is 25.0 Å². The van der Waals surface area contributed by atoms with Crippen molar-refractivity contribution < 1.29 is 9.59 Å². The lowest BCUT2D eigenvalue weighted by Gasteiger charge is -2.28. The molecule has 7 nitrogen and oxygen atoms in total. The van der Waals surface area contributed by atoms with Crippen molar-refractivity contribution in [2.45, 2.75) is 32.7 Å². The third-order valence-corrected chi connectivity index (χ3v) is 5.43. The fourth-order valence-electron chi connectivity index (χ4n) is 3.85. The lowest BCUT2D eigenvalue weighted by atomic mass is 10.0. The number of carbonyl (C=O) groups is 2. The average molecular weight is 367 g/mol. The largest absolute Gasteiger partial charge is 0.337 e. The summed E-state index contributed by atoms with van der Waals surface area (Å²) in [6.45, 7) is 4.63. The Morgan fingerprint density at radius 3 is 2.44 bits per heavy atom. The Bertz CT molecular complexity index is 865. The number of benzene rings is 1. The Labute approximate surface area is 158 Å². The van der Waals surface area contributed by atoms with Crippen LogP contribution in [0.4, 0.5) is 10.5 Å². The molecule has 1 N–H and O–H groups in total. The number of likely N-dealkylation sites (tertiary alicyclic amines) is 1. The minimum absolute atomic E-state index is 0.00913. The van der Waals surface area contributed by atoms with Gasteiger partial charge in [0.2, 0.25) is 0 Å². The fourth-order valence-corrected chi connectivity index (χ4v) is 3.85. The molecule has 0 bridgehead atoms. The van der Waals surface area contributed by atoms with Gasteiger partial charge in [0, 0.05) is 50.0 Å². The summed E-state index contributed by atoms with van der Waals surface area (Å²) in [6.07, 6.45) is 2.80. The summed E-state index contributed by atoms with van der Waals surface area (Å²) in [5, 5.41) is 7.44. The molecule has 0 spiro atoms. The Kier molecular flexibility index (Phi) is 4.59. The van der Waals surface area contributed by atoms with Crippen LogP contribution in [0.2, 0.25) is 0 Å². The van der Waals surface area contributed by atoms with Crippen molar-refractivity contribution in [3.8, 4) is 0 Å². The van der Waals surface area contributed by atoms with Crippen molar-refractivity contribution in [2.24, 2.45) is 7.05 Å². The average Bonchev–Trinajstić information content (AvgIpc) is 3.31. The molecule has 142 valence electrons. The first-order valence-electron chi connectivity index (χ1n) is 9.49. The normalized spacial score (nSPS) is 16.4. The van der Waals surface area contributed by atoms with E-state index in [1.807, 2.05) is 43.1 Å². The summed E-state index contributed by atoms with van der Waals surface area (Å²) >= 11 is 0. The van der Waals surface area contributed by atoms with Gasteiger partial charge in [0.15, 0.2) is 5.69 Å². The van der Waals surface area contributed by atoms with Gasteiger partial charge in [-0.1, -0.05) is 17.7 Å². The number of anilines is 1. The molecule has 3 heterocycles. The van der Waals surface area contributed by atoms with Crippen molar-refractivity contribution in [3.05, 3.63) is 46.8 Å². The number of amides is 3. The Morgan fingerprint density at radius 1 is 1.04 bits per heavy atom. The molecule has 2 aromatic rings. The van der Waals surface area contributed by atoms with Crippen LogP contribution in [-0.4, -0.2) is 51.2 Å². The molecule has 1 aromatic heterocycles. The molecule has 2 aliphatic heterocycles. The van der Waals surface area contributed by atoms with Gasteiger partial charge in [-0.05, 0) is 31.9 Å². The molecule has 1 saturated heterocycles. The molecule has 4 rings (SSSR count). The third-order valence-electron chi connectivity index (χ3n) is 5.43. The second-order valence-corrected chi connectivity index (χ2v) is 7.36. The van der Waals surface area contributed by atoms with E-state index in [0.717, 1.165) is 48.4 Å². The van der Waals surface area contributed by atoms with Crippen LogP contribution < -0.4 is 5.32 Å². The molecule has 2 aliphatic rings. The van der Waals surface area contributed by atoms with E-state index in [2.05, 4.69) is 10.4 Å². The van der Waals surface area contributed by atoms with Gasteiger partial charge in [-0.3, -0.25) is 9.48 Å². The van der Waals surface area contributed by atoms with Crippen LogP contribution in [0.3, 0.4) is 0 Å². The number of aryl methyl sites for hydroxylation is 2. The van der Waals surface area contributed by atoms with E-state index in [4.69, 9.17) is 0 Å². The number of nitrogens with zero attached hydrogens (tertiary/aromatic N) is 4. The summed E-state index contributed by atoms with van der Waals surface area (Å²) in [4.78, 5) is 29.2. The summed E-state index contributed by atoms with van der Waals surface area (Å²) in [7, 11) is 1.88. The molecule has 0 saturated carbocycles. The van der Waals surface area contributed by atoms with Gasteiger partial charge in [0.25, 0.3) is 5.91 Å². The molecule has 0 unspecified atom stereocenters. The maximum Gasteiger partial charge on any atom is 0.322 e. The van der Waals surface area contributed by atoms with Gasteiger partial charge in [-0.25, -0.2) is 4.79 Å². The summed E-state index contributed by atoms with van der Waals surface area (Å²) < 4.78 is 1.80. The number of hydrogen-bond acceptors (Lipinski definition) is 3. The number of fused-ring (bicyclic) bond motifs is 1. The van der Waals surface area contributed by atoms with Gasteiger partial charge in [0.1, 0.15) is 0 Å². The van der Waals surface area contributed by atoms with Gasteiger partial charge in [-0.2, -0.15) is 5.10 Å². The lowest BCUT2D eigenvalue weighted by molar-refractivity contribution is 0.0784. The van der Waals surface area contributed by atoms with Gasteiger partial charge in [-0.15, -0.1) is 0 Å². The molecule has 1 fully saturated rings. The van der Waals surface area contributed by atoms with Gasteiger partial charge in [0.05, 0.1) is 6.54 Å². The second kappa shape index (κ2) is 7.06. The Hall–Kier alpha value is -2.83. The van der Waals surface area contributed by atoms with Crippen molar-refractivity contribution in [3.63, 3.8) is 0 Å². The number of hydrogen-bond donors (Lipinski definition) is 1. The first-order chi connectivity index (χ1) is 13.0. The minimum atomic E-state index is -0.145. The standard InChI is InChI=1S/C20H25N5O2/c1-14-5-7-15(8-6-14)21-20(27)25-12-9-17-16(13-25)18(22-23(17)2)19(26)24-10-3-4-11-24/h5-8H,3-4,9-13H2,1-2H3,(H,21,27). The lowest BCUT2D eigenvalue weighted by Crippen LogP contribution is -2.40. The zero-order chi connectivity index (χ0) is 19.0. The molecule has 0 aliphatic carbocycles. The zero-order valence-corrected chi connectivity index (χ0v) is 15.9. The highest BCUT2D eigenvalue weighted by molar-refractivity contribution is 5.95. The summed E-state index contributed by atoms with van der Waals surface area (Å²) in [6, 6.07) is 7.59. The molecular formula is C20H25N5O2. The van der Waals surface area contributed by atoms with E-state index < -0.39 is 0 Å². The number of carbonyl (C=O) groups excluding carboxylic acids is 2. The second-order valence-electron chi connectivity index (χ2n) is 7.36.